The Balaban J connectivity index is 1.96. The van der Waals surface area contributed by atoms with Gasteiger partial charge in [0.2, 0.25) is 10.0 Å². The average molecular weight is 381 g/mol. The minimum absolute atomic E-state index is 0.311. The highest BCUT2D eigenvalue weighted by Gasteiger charge is 2.15. The van der Waals surface area contributed by atoms with E-state index >= 15 is 0 Å². The van der Waals surface area contributed by atoms with E-state index in [2.05, 4.69) is 20.7 Å². The molecule has 1 N–H and O–H groups in total. The van der Waals surface area contributed by atoms with Gasteiger partial charge < -0.3 is 0 Å². The summed E-state index contributed by atoms with van der Waals surface area (Å²) >= 11 is 10.3. The molecule has 0 amide bonds. The van der Waals surface area contributed by atoms with E-state index in [0.717, 1.165) is 9.35 Å². The van der Waals surface area contributed by atoms with Crippen LogP contribution in [0.2, 0.25) is 5.02 Å². The van der Waals surface area contributed by atoms with E-state index in [0.29, 0.717) is 22.2 Å². The third kappa shape index (κ3) is 4.29. The summed E-state index contributed by atoms with van der Waals surface area (Å²) in [5.41, 5.74) is 1.00. The van der Waals surface area contributed by atoms with Gasteiger partial charge in [-0.15, -0.1) is 11.3 Å². The second kappa shape index (κ2) is 6.37. The molecule has 2 aromatic rings. The third-order valence-corrected chi connectivity index (χ3v) is 6.22. The number of benzene rings is 1. The third-order valence-electron chi connectivity index (χ3n) is 2.41. The molecule has 0 radical (unpaired) electrons. The van der Waals surface area contributed by atoms with Gasteiger partial charge in [-0.25, -0.2) is 13.1 Å². The summed E-state index contributed by atoms with van der Waals surface area (Å²) in [4.78, 5) is 0. The first kappa shape index (κ1) is 15.0. The van der Waals surface area contributed by atoms with Crippen molar-refractivity contribution in [2.75, 3.05) is 6.54 Å². The van der Waals surface area contributed by atoms with Crippen molar-refractivity contribution in [2.45, 2.75) is 10.6 Å². The average Bonchev–Trinajstić information content (AvgIpc) is 2.76. The SMILES string of the molecule is O=S(=O)(NCCc1cccc(Cl)c1)c1ccc(Br)s1. The summed E-state index contributed by atoms with van der Waals surface area (Å²) in [7, 11) is -3.41. The monoisotopic (exact) mass is 379 g/mol. The molecule has 0 saturated carbocycles. The Kier molecular flexibility index (Phi) is 5.03. The zero-order valence-corrected chi connectivity index (χ0v) is 13.7. The van der Waals surface area contributed by atoms with Crippen LogP contribution in [0.4, 0.5) is 0 Å². The lowest BCUT2D eigenvalue weighted by Gasteiger charge is -2.05. The van der Waals surface area contributed by atoms with Gasteiger partial charge in [0.25, 0.3) is 0 Å². The first-order valence-corrected chi connectivity index (χ1v) is 8.94. The summed E-state index contributed by atoms with van der Waals surface area (Å²) in [5.74, 6) is 0. The van der Waals surface area contributed by atoms with E-state index < -0.39 is 10.0 Å². The molecule has 1 aromatic carbocycles. The summed E-state index contributed by atoms with van der Waals surface area (Å²) in [5, 5.41) is 0.655. The van der Waals surface area contributed by atoms with Crippen LogP contribution in [-0.4, -0.2) is 15.0 Å². The van der Waals surface area contributed by atoms with Crippen LogP contribution < -0.4 is 4.72 Å². The molecule has 0 bridgehead atoms. The van der Waals surface area contributed by atoms with Crippen molar-refractivity contribution in [3.8, 4) is 0 Å². The number of halogens is 2. The van der Waals surface area contributed by atoms with Crippen molar-refractivity contribution in [1.29, 1.82) is 0 Å². The maximum Gasteiger partial charge on any atom is 0.250 e. The Morgan fingerprint density at radius 2 is 2.05 bits per heavy atom. The van der Waals surface area contributed by atoms with Crippen LogP contribution in [0.25, 0.3) is 0 Å². The molecular weight excluding hydrogens is 370 g/mol. The number of hydrogen-bond donors (Lipinski definition) is 1. The minimum atomic E-state index is -3.41. The van der Waals surface area contributed by atoms with Crippen molar-refractivity contribution in [2.24, 2.45) is 0 Å². The molecule has 19 heavy (non-hydrogen) atoms. The number of rotatable bonds is 5. The van der Waals surface area contributed by atoms with Gasteiger partial charge in [0.15, 0.2) is 0 Å². The molecule has 0 aliphatic rings. The molecule has 0 aliphatic carbocycles. The van der Waals surface area contributed by atoms with Crippen LogP contribution in [0.5, 0.6) is 0 Å². The summed E-state index contributed by atoms with van der Waals surface area (Å²) in [6.07, 6.45) is 0.604. The standard InChI is InChI=1S/C12H11BrClNO2S2/c13-11-4-5-12(18-11)19(16,17)15-7-6-9-2-1-3-10(14)8-9/h1-5,8,15H,6-7H2. The highest BCUT2D eigenvalue weighted by molar-refractivity contribution is 9.11. The molecule has 7 heteroatoms. The van der Waals surface area contributed by atoms with Gasteiger partial charge in [0.1, 0.15) is 4.21 Å². The molecule has 1 aromatic heterocycles. The van der Waals surface area contributed by atoms with Crippen molar-refractivity contribution in [3.05, 3.63) is 50.8 Å². The van der Waals surface area contributed by atoms with Crippen molar-refractivity contribution < 1.29 is 8.42 Å². The zero-order chi connectivity index (χ0) is 13.9. The Morgan fingerprint density at radius 3 is 2.68 bits per heavy atom. The lowest BCUT2D eigenvalue weighted by Crippen LogP contribution is -2.25. The van der Waals surface area contributed by atoms with Crippen molar-refractivity contribution >= 4 is 48.9 Å². The Morgan fingerprint density at radius 1 is 1.26 bits per heavy atom. The smallest absolute Gasteiger partial charge is 0.210 e. The number of hydrogen-bond acceptors (Lipinski definition) is 3. The molecule has 0 spiro atoms. The Labute approximate surface area is 129 Å². The number of nitrogens with one attached hydrogen (secondary N) is 1. The molecule has 0 fully saturated rings. The van der Waals surface area contributed by atoms with E-state index in [4.69, 9.17) is 11.6 Å². The molecule has 2 rings (SSSR count). The van der Waals surface area contributed by atoms with Gasteiger partial charge in [0, 0.05) is 11.6 Å². The van der Waals surface area contributed by atoms with E-state index in [1.54, 1.807) is 18.2 Å². The van der Waals surface area contributed by atoms with Crippen molar-refractivity contribution in [1.82, 2.24) is 4.72 Å². The summed E-state index contributed by atoms with van der Waals surface area (Å²) in [6.45, 7) is 0.345. The number of thiophene rings is 1. The van der Waals surface area contributed by atoms with Gasteiger partial charge in [-0.05, 0) is 52.2 Å². The zero-order valence-electron chi connectivity index (χ0n) is 9.77. The van der Waals surface area contributed by atoms with E-state index in [-0.39, 0.29) is 0 Å². The van der Waals surface area contributed by atoms with Crippen LogP contribution in [0.3, 0.4) is 0 Å². The van der Waals surface area contributed by atoms with Crippen LogP contribution >= 0.6 is 38.9 Å². The van der Waals surface area contributed by atoms with Crippen LogP contribution in [-0.2, 0) is 16.4 Å². The molecule has 0 aliphatic heterocycles. The quantitative estimate of drug-likeness (QED) is 0.860. The minimum Gasteiger partial charge on any atom is -0.210 e. The fourth-order valence-electron chi connectivity index (χ4n) is 1.54. The normalized spacial score (nSPS) is 11.7. The lowest BCUT2D eigenvalue weighted by molar-refractivity contribution is 0.584. The van der Waals surface area contributed by atoms with Gasteiger partial charge in [0.05, 0.1) is 3.79 Å². The fourth-order valence-corrected chi connectivity index (χ4v) is 4.83. The predicted octanol–water partition coefficient (Wildman–Crippen LogP) is 3.69. The molecule has 1 heterocycles. The highest BCUT2D eigenvalue weighted by atomic mass is 79.9. The lowest BCUT2D eigenvalue weighted by atomic mass is 10.2. The first-order valence-electron chi connectivity index (χ1n) is 5.47. The maximum absolute atomic E-state index is 12.0. The highest BCUT2D eigenvalue weighted by Crippen LogP contribution is 2.25. The van der Waals surface area contributed by atoms with E-state index in [1.807, 2.05) is 18.2 Å². The maximum atomic E-state index is 12.0. The number of sulfonamides is 1. The van der Waals surface area contributed by atoms with Crippen LogP contribution in [0.15, 0.2) is 44.4 Å². The summed E-state index contributed by atoms with van der Waals surface area (Å²) in [6, 6.07) is 10.7. The molecular formula is C12H11BrClNO2S2. The van der Waals surface area contributed by atoms with E-state index in [9.17, 15) is 8.42 Å². The predicted molar refractivity (Wildman–Crippen MR) is 82.4 cm³/mol. The Hall–Kier alpha value is -0.400. The second-order valence-electron chi connectivity index (χ2n) is 3.84. The van der Waals surface area contributed by atoms with Gasteiger partial charge >= 0.3 is 0 Å². The van der Waals surface area contributed by atoms with Gasteiger partial charge in [-0.1, -0.05) is 23.7 Å². The van der Waals surface area contributed by atoms with E-state index in [1.165, 1.54) is 11.3 Å². The first-order chi connectivity index (χ1) is 8.97. The Bertz CT molecular complexity index is 670. The van der Waals surface area contributed by atoms with Crippen LogP contribution in [0, 0.1) is 0 Å². The van der Waals surface area contributed by atoms with Gasteiger partial charge in [-0.2, -0.15) is 0 Å². The molecule has 0 unspecified atom stereocenters. The molecule has 0 atom stereocenters. The topological polar surface area (TPSA) is 46.2 Å². The second-order valence-corrected chi connectivity index (χ2v) is 8.73. The van der Waals surface area contributed by atoms with Crippen molar-refractivity contribution in [3.63, 3.8) is 0 Å². The molecule has 0 saturated heterocycles. The fraction of sp³-hybridized carbons (Fsp3) is 0.167. The summed E-state index contributed by atoms with van der Waals surface area (Å²) < 4.78 is 27.6. The molecule has 3 nitrogen and oxygen atoms in total. The van der Waals surface area contributed by atoms with Gasteiger partial charge in [-0.3, -0.25) is 0 Å². The van der Waals surface area contributed by atoms with Crippen LogP contribution in [0.1, 0.15) is 5.56 Å². The largest absolute Gasteiger partial charge is 0.250 e. The molecule has 102 valence electrons.